The molecule has 108 valence electrons. The second-order valence-corrected chi connectivity index (χ2v) is 4.15. The zero-order chi connectivity index (χ0) is 15.0. The SMILES string of the molecule is Nc1ccc(Oc2nccn3cnnc23)c(C(F)(F)F)c1. The molecular weight excluding hydrogens is 287 g/mol. The third kappa shape index (κ3) is 2.45. The van der Waals surface area contributed by atoms with E-state index in [1.807, 2.05) is 0 Å². The van der Waals surface area contributed by atoms with E-state index < -0.39 is 17.5 Å². The standard InChI is InChI=1S/C12H8F3N5O/c13-12(14,15)8-5-7(16)1-2-9(8)21-11-10-19-18-6-20(10)4-3-17-11/h1-6H,16H2. The number of anilines is 1. The Labute approximate surface area is 116 Å². The molecule has 2 aromatic heterocycles. The third-order valence-corrected chi connectivity index (χ3v) is 2.70. The molecule has 0 amide bonds. The molecule has 6 nitrogen and oxygen atoms in total. The van der Waals surface area contributed by atoms with E-state index in [9.17, 15) is 13.2 Å². The lowest BCUT2D eigenvalue weighted by atomic mass is 10.1. The van der Waals surface area contributed by atoms with Crippen molar-refractivity contribution in [3.05, 3.63) is 42.5 Å². The molecule has 0 atom stereocenters. The summed E-state index contributed by atoms with van der Waals surface area (Å²) < 4.78 is 45.7. The van der Waals surface area contributed by atoms with Crippen LogP contribution in [0.15, 0.2) is 36.9 Å². The predicted molar refractivity (Wildman–Crippen MR) is 66.7 cm³/mol. The van der Waals surface area contributed by atoms with Crippen LogP contribution in [0.3, 0.4) is 0 Å². The van der Waals surface area contributed by atoms with Crippen LogP contribution in [0.2, 0.25) is 0 Å². The maximum Gasteiger partial charge on any atom is 0.420 e. The highest BCUT2D eigenvalue weighted by Gasteiger charge is 2.35. The van der Waals surface area contributed by atoms with Gasteiger partial charge in [-0.2, -0.15) is 13.2 Å². The molecule has 9 heteroatoms. The number of ether oxygens (including phenoxy) is 1. The average molecular weight is 295 g/mol. The highest BCUT2D eigenvalue weighted by Crippen LogP contribution is 2.39. The molecule has 1 aromatic carbocycles. The fraction of sp³-hybridized carbons (Fsp3) is 0.0833. The number of nitrogens with zero attached hydrogens (tertiary/aromatic N) is 4. The monoisotopic (exact) mass is 295 g/mol. The molecule has 3 rings (SSSR count). The van der Waals surface area contributed by atoms with Crippen molar-refractivity contribution >= 4 is 11.3 Å². The van der Waals surface area contributed by atoms with Crippen molar-refractivity contribution in [2.75, 3.05) is 5.73 Å². The Balaban J connectivity index is 2.08. The van der Waals surface area contributed by atoms with Crippen LogP contribution in [0, 0.1) is 0 Å². The Morgan fingerprint density at radius 3 is 2.81 bits per heavy atom. The van der Waals surface area contributed by atoms with Crippen molar-refractivity contribution < 1.29 is 17.9 Å². The van der Waals surface area contributed by atoms with Crippen molar-refractivity contribution in [3.8, 4) is 11.6 Å². The molecule has 0 radical (unpaired) electrons. The number of nitrogen functional groups attached to an aromatic ring is 1. The molecule has 0 aliphatic heterocycles. The summed E-state index contributed by atoms with van der Waals surface area (Å²) in [5.74, 6) is -0.481. The van der Waals surface area contributed by atoms with Gasteiger partial charge in [0.15, 0.2) is 0 Å². The topological polar surface area (TPSA) is 78.3 Å². The fourth-order valence-corrected chi connectivity index (χ4v) is 1.77. The second kappa shape index (κ2) is 4.62. The Hall–Kier alpha value is -2.84. The van der Waals surface area contributed by atoms with E-state index in [4.69, 9.17) is 10.5 Å². The summed E-state index contributed by atoms with van der Waals surface area (Å²) in [5, 5.41) is 7.38. The van der Waals surface area contributed by atoms with Gasteiger partial charge in [-0.3, -0.25) is 4.40 Å². The van der Waals surface area contributed by atoms with Crippen LogP contribution in [-0.2, 0) is 6.18 Å². The highest BCUT2D eigenvalue weighted by atomic mass is 19.4. The number of nitrogens with two attached hydrogens (primary N) is 1. The predicted octanol–water partition coefficient (Wildman–Crippen LogP) is 2.52. The summed E-state index contributed by atoms with van der Waals surface area (Å²) in [6.07, 6.45) is -0.285. The van der Waals surface area contributed by atoms with E-state index in [-0.39, 0.29) is 17.2 Å². The molecule has 0 aliphatic rings. The van der Waals surface area contributed by atoms with Crippen LogP contribution in [-0.4, -0.2) is 19.6 Å². The number of hydrogen-bond acceptors (Lipinski definition) is 5. The molecule has 2 N–H and O–H groups in total. The molecule has 0 saturated heterocycles. The van der Waals surface area contributed by atoms with Gasteiger partial charge in [0.1, 0.15) is 17.6 Å². The van der Waals surface area contributed by atoms with Gasteiger partial charge in [0.05, 0.1) is 0 Å². The quantitative estimate of drug-likeness (QED) is 0.735. The summed E-state index contributed by atoms with van der Waals surface area (Å²) in [4.78, 5) is 3.88. The minimum absolute atomic E-state index is 0.0108. The largest absolute Gasteiger partial charge is 0.435 e. The summed E-state index contributed by atoms with van der Waals surface area (Å²) in [6, 6.07) is 3.26. The Kier molecular flexibility index (Phi) is 2.89. The molecule has 2 heterocycles. The number of benzene rings is 1. The van der Waals surface area contributed by atoms with Gasteiger partial charge in [0, 0.05) is 18.1 Å². The normalized spacial score (nSPS) is 11.8. The Bertz CT molecular complexity index is 799. The van der Waals surface area contributed by atoms with Gasteiger partial charge in [0.25, 0.3) is 5.88 Å². The molecule has 0 spiro atoms. The van der Waals surface area contributed by atoms with E-state index in [2.05, 4.69) is 15.2 Å². The lowest BCUT2D eigenvalue weighted by Crippen LogP contribution is -2.08. The summed E-state index contributed by atoms with van der Waals surface area (Å²) >= 11 is 0. The maximum absolute atomic E-state index is 13.0. The van der Waals surface area contributed by atoms with E-state index >= 15 is 0 Å². The molecule has 0 unspecified atom stereocenters. The van der Waals surface area contributed by atoms with Gasteiger partial charge in [-0.1, -0.05) is 0 Å². The van der Waals surface area contributed by atoms with Crippen molar-refractivity contribution in [2.45, 2.75) is 6.18 Å². The van der Waals surface area contributed by atoms with Gasteiger partial charge in [0.2, 0.25) is 5.65 Å². The van der Waals surface area contributed by atoms with Crippen LogP contribution in [0.1, 0.15) is 5.56 Å². The van der Waals surface area contributed by atoms with E-state index in [1.165, 1.54) is 23.0 Å². The van der Waals surface area contributed by atoms with Crippen molar-refractivity contribution in [1.82, 2.24) is 19.6 Å². The Morgan fingerprint density at radius 2 is 2.05 bits per heavy atom. The lowest BCUT2D eigenvalue weighted by molar-refractivity contribution is -0.138. The van der Waals surface area contributed by atoms with Crippen LogP contribution >= 0.6 is 0 Å². The van der Waals surface area contributed by atoms with E-state index in [0.717, 1.165) is 12.1 Å². The lowest BCUT2D eigenvalue weighted by Gasteiger charge is -2.13. The first-order valence-corrected chi connectivity index (χ1v) is 5.74. The summed E-state index contributed by atoms with van der Waals surface area (Å²) in [7, 11) is 0. The average Bonchev–Trinajstić information content (AvgIpc) is 2.89. The van der Waals surface area contributed by atoms with Crippen molar-refractivity contribution in [3.63, 3.8) is 0 Å². The van der Waals surface area contributed by atoms with Gasteiger partial charge in [-0.15, -0.1) is 10.2 Å². The Morgan fingerprint density at radius 1 is 1.24 bits per heavy atom. The molecule has 0 fully saturated rings. The third-order valence-electron chi connectivity index (χ3n) is 2.70. The summed E-state index contributed by atoms with van der Waals surface area (Å²) in [6.45, 7) is 0. The molecular formula is C12H8F3N5O. The first kappa shape index (κ1) is 13.2. The summed E-state index contributed by atoms with van der Waals surface area (Å²) in [5.41, 5.74) is 4.61. The number of hydrogen-bond donors (Lipinski definition) is 1. The zero-order valence-corrected chi connectivity index (χ0v) is 10.4. The van der Waals surface area contributed by atoms with Gasteiger partial charge in [-0.05, 0) is 18.2 Å². The van der Waals surface area contributed by atoms with E-state index in [0.29, 0.717) is 0 Å². The fourth-order valence-electron chi connectivity index (χ4n) is 1.77. The number of rotatable bonds is 2. The van der Waals surface area contributed by atoms with Crippen molar-refractivity contribution in [2.24, 2.45) is 0 Å². The first-order chi connectivity index (χ1) is 9.95. The van der Waals surface area contributed by atoms with Crippen LogP contribution < -0.4 is 10.5 Å². The van der Waals surface area contributed by atoms with Gasteiger partial charge >= 0.3 is 6.18 Å². The molecule has 0 bridgehead atoms. The highest BCUT2D eigenvalue weighted by molar-refractivity contribution is 5.53. The number of halogens is 3. The maximum atomic E-state index is 13.0. The second-order valence-electron chi connectivity index (χ2n) is 4.15. The molecule has 3 aromatic rings. The van der Waals surface area contributed by atoms with Crippen LogP contribution in [0.4, 0.5) is 18.9 Å². The minimum atomic E-state index is -4.59. The molecule has 0 aliphatic carbocycles. The number of alkyl halides is 3. The molecule has 21 heavy (non-hydrogen) atoms. The van der Waals surface area contributed by atoms with E-state index in [1.54, 1.807) is 6.20 Å². The van der Waals surface area contributed by atoms with Gasteiger partial charge < -0.3 is 10.5 Å². The number of fused-ring (bicyclic) bond motifs is 1. The number of aromatic nitrogens is 4. The minimum Gasteiger partial charge on any atom is -0.435 e. The molecule has 0 saturated carbocycles. The van der Waals surface area contributed by atoms with Crippen LogP contribution in [0.25, 0.3) is 5.65 Å². The van der Waals surface area contributed by atoms with Crippen LogP contribution in [0.5, 0.6) is 11.6 Å². The van der Waals surface area contributed by atoms with Crippen molar-refractivity contribution in [1.29, 1.82) is 0 Å². The first-order valence-electron chi connectivity index (χ1n) is 5.74. The zero-order valence-electron chi connectivity index (χ0n) is 10.4. The van der Waals surface area contributed by atoms with Gasteiger partial charge in [-0.25, -0.2) is 4.98 Å². The smallest absolute Gasteiger partial charge is 0.420 e.